The third kappa shape index (κ3) is 2.69. The molecular weight excluding hydrogens is 312 g/mol. The predicted molar refractivity (Wildman–Crippen MR) is 83.6 cm³/mol. The molecule has 3 aromatic rings. The van der Waals surface area contributed by atoms with E-state index in [0.717, 1.165) is 17.0 Å². The number of hydrogen-bond acceptors (Lipinski definition) is 6. The zero-order chi connectivity index (χ0) is 16.5. The molecule has 0 amide bonds. The summed E-state index contributed by atoms with van der Waals surface area (Å²) in [5.41, 5.74) is 1.50. The highest BCUT2D eigenvalue weighted by atomic mass is 16.7. The number of hydrogen-bond donors (Lipinski definition) is 1. The average molecular weight is 326 g/mol. The molecule has 8 heteroatoms. The van der Waals surface area contributed by atoms with E-state index < -0.39 is 0 Å². The van der Waals surface area contributed by atoms with Gasteiger partial charge in [0.05, 0.1) is 0 Å². The van der Waals surface area contributed by atoms with Crippen LogP contribution in [0.15, 0.2) is 41.2 Å². The Morgan fingerprint density at radius 1 is 1.17 bits per heavy atom. The number of benzene rings is 1. The van der Waals surface area contributed by atoms with Crippen LogP contribution in [0.4, 0.5) is 0 Å². The molecule has 1 aliphatic heterocycles. The Kier molecular flexibility index (Phi) is 3.42. The normalized spacial score (nSPS) is 12.4. The summed E-state index contributed by atoms with van der Waals surface area (Å²) in [7, 11) is 0. The number of aromatic amines is 1. The van der Waals surface area contributed by atoms with Crippen LogP contribution in [-0.2, 0) is 6.61 Å². The standard InChI is InChI=1S/C16H14N4O4/c1-10-6-16(21)20(19-10)14-4-5-15(18-17-14)22-8-11-2-3-12-13(7-11)24-9-23-12/h2-7,19H,8-9H2,1H3. The summed E-state index contributed by atoms with van der Waals surface area (Å²) in [5, 5.41) is 10.9. The maximum Gasteiger partial charge on any atom is 0.272 e. The molecule has 1 aliphatic rings. The van der Waals surface area contributed by atoms with Crippen molar-refractivity contribution in [1.82, 2.24) is 20.0 Å². The van der Waals surface area contributed by atoms with Gasteiger partial charge in [-0.05, 0) is 30.7 Å². The fourth-order valence-corrected chi connectivity index (χ4v) is 2.38. The summed E-state index contributed by atoms with van der Waals surface area (Å²) in [5.74, 6) is 2.21. The lowest BCUT2D eigenvalue weighted by atomic mass is 10.2. The van der Waals surface area contributed by atoms with Crippen molar-refractivity contribution in [2.75, 3.05) is 6.79 Å². The van der Waals surface area contributed by atoms with E-state index in [9.17, 15) is 4.79 Å². The molecule has 24 heavy (non-hydrogen) atoms. The maximum atomic E-state index is 11.7. The molecule has 0 bridgehead atoms. The minimum Gasteiger partial charge on any atom is -0.472 e. The summed E-state index contributed by atoms with van der Waals surface area (Å²) < 4.78 is 17.5. The number of nitrogens with zero attached hydrogens (tertiary/aromatic N) is 3. The number of nitrogens with one attached hydrogen (secondary N) is 1. The lowest BCUT2D eigenvalue weighted by Crippen LogP contribution is -2.15. The summed E-state index contributed by atoms with van der Waals surface area (Å²) in [6, 6.07) is 10.4. The van der Waals surface area contributed by atoms with Crippen LogP contribution in [0.25, 0.3) is 5.82 Å². The first-order chi connectivity index (χ1) is 11.7. The molecule has 0 unspecified atom stereocenters. The maximum absolute atomic E-state index is 11.7. The molecule has 0 aliphatic carbocycles. The van der Waals surface area contributed by atoms with Crippen molar-refractivity contribution < 1.29 is 14.2 Å². The Bertz CT molecular complexity index is 930. The van der Waals surface area contributed by atoms with Crippen molar-refractivity contribution in [2.24, 2.45) is 0 Å². The van der Waals surface area contributed by atoms with E-state index in [4.69, 9.17) is 14.2 Å². The number of ether oxygens (including phenoxy) is 3. The lowest BCUT2D eigenvalue weighted by Gasteiger charge is -2.06. The van der Waals surface area contributed by atoms with E-state index in [0.29, 0.717) is 24.1 Å². The number of H-pyrrole nitrogens is 1. The first-order valence-corrected chi connectivity index (χ1v) is 7.33. The molecule has 0 atom stereocenters. The molecule has 122 valence electrons. The third-order valence-electron chi connectivity index (χ3n) is 3.53. The van der Waals surface area contributed by atoms with Crippen LogP contribution in [0.5, 0.6) is 17.4 Å². The number of aromatic nitrogens is 4. The second-order valence-corrected chi connectivity index (χ2v) is 5.32. The fourth-order valence-electron chi connectivity index (χ4n) is 2.38. The first kappa shape index (κ1) is 14.3. The van der Waals surface area contributed by atoms with E-state index in [1.165, 1.54) is 10.7 Å². The molecule has 2 aromatic heterocycles. The van der Waals surface area contributed by atoms with Crippen LogP contribution in [-0.4, -0.2) is 26.8 Å². The Labute approximate surface area is 136 Å². The highest BCUT2D eigenvalue weighted by Crippen LogP contribution is 2.32. The van der Waals surface area contributed by atoms with Crippen LogP contribution < -0.4 is 19.8 Å². The molecule has 0 radical (unpaired) electrons. The lowest BCUT2D eigenvalue weighted by molar-refractivity contribution is 0.174. The highest BCUT2D eigenvalue weighted by molar-refractivity contribution is 5.44. The molecule has 0 saturated carbocycles. The van der Waals surface area contributed by atoms with Gasteiger partial charge >= 0.3 is 0 Å². The Morgan fingerprint density at radius 3 is 2.79 bits per heavy atom. The molecule has 1 N–H and O–H groups in total. The second kappa shape index (κ2) is 5.73. The summed E-state index contributed by atoms with van der Waals surface area (Å²) >= 11 is 0. The van der Waals surface area contributed by atoms with Crippen LogP contribution in [0.2, 0.25) is 0 Å². The minimum absolute atomic E-state index is 0.184. The smallest absolute Gasteiger partial charge is 0.272 e. The van der Waals surface area contributed by atoms with Gasteiger partial charge in [-0.1, -0.05) is 6.07 Å². The third-order valence-corrected chi connectivity index (χ3v) is 3.53. The van der Waals surface area contributed by atoms with Gasteiger partial charge < -0.3 is 14.2 Å². The van der Waals surface area contributed by atoms with Crippen LogP contribution in [0, 0.1) is 6.92 Å². The molecule has 8 nitrogen and oxygen atoms in total. The molecule has 4 rings (SSSR count). The zero-order valence-corrected chi connectivity index (χ0v) is 12.9. The van der Waals surface area contributed by atoms with Crippen molar-refractivity contribution in [1.29, 1.82) is 0 Å². The van der Waals surface area contributed by atoms with Gasteiger partial charge in [-0.3, -0.25) is 9.89 Å². The highest BCUT2D eigenvalue weighted by Gasteiger charge is 2.13. The van der Waals surface area contributed by atoms with E-state index in [2.05, 4.69) is 15.3 Å². The van der Waals surface area contributed by atoms with Crippen molar-refractivity contribution in [3.63, 3.8) is 0 Å². The second-order valence-electron chi connectivity index (χ2n) is 5.32. The molecule has 0 fully saturated rings. The minimum atomic E-state index is -0.184. The van der Waals surface area contributed by atoms with Crippen LogP contribution >= 0.6 is 0 Å². The van der Waals surface area contributed by atoms with E-state index >= 15 is 0 Å². The average Bonchev–Trinajstić information content (AvgIpc) is 3.18. The largest absolute Gasteiger partial charge is 0.472 e. The van der Waals surface area contributed by atoms with Crippen molar-refractivity contribution in [3.05, 3.63) is 58.0 Å². The summed E-state index contributed by atoms with van der Waals surface area (Å²) in [4.78, 5) is 11.7. The fraction of sp³-hybridized carbons (Fsp3) is 0.188. The van der Waals surface area contributed by atoms with Gasteiger partial charge in [-0.25, -0.2) is 0 Å². The zero-order valence-electron chi connectivity index (χ0n) is 12.9. The van der Waals surface area contributed by atoms with Gasteiger partial charge in [0.25, 0.3) is 5.56 Å². The van der Waals surface area contributed by atoms with Gasteiger partial charge in [-0.2, -0.15) is 4.68 Å². The van der Waals surface area contributed by atoms with Gasteiger partial charge in [0.2, 0.25) is 12.7 Å². The van der Waals surface area contributed by atoms with Crippen molar-refractivity contribution in [2.45, 2.75) is 13.5 Å². The number of aryl methyl sites for hydroxylation is 1. The molecule has 0 saturated heterocycles. The predicted octanol–water partition coefficient (Wildman–Crippen LogP) is 1.57. The van der Waals surface area contributed by atoms with Gasteiger partial charge in [0.15, 0.2) is 17.3 Å². The summed E-state index contributed by atoms with van der Waals surface area (Å²) in [6.45, 7) is 2.37. The van der Waals surface area contributed by atoms with Crippen molar-refractivity contribution >= 4 is 0 Å². The van der Waals surface area contributed by atoms with Crippen LogP contribution in [0.1, 0.15) is 11.3 Å². The molecule has 1 aromatic carbocycles. The van der Waals surface area contributed by atoms with Crippen LogP contribution in [0.3, 0.4) is 0 Å². The first-order valence-electron chi connectivity index (χ1n) is 7.33. The molecular formula is C16H14N4O4. The van der Waals surface area contributed by atoms with E-state index in [-0.39, 0.29) is 12.4 Å². The SMILES string of the molecule is Cc1cc(=O)n(-c2ccc(OCc3ccc4c(c3)OCO4)nn2)[nH]1. The van der Waals surface area contributed by atoms with Gasteiger partial charge in [0, 0.05) is 17.8 Å². The Morgan fingerprint density at radius 2 is 2.04 bits per heavy atom. The molecule has 0 spiro atoms. The van der Waals surface area contributed by atoms with Crippen molar-refractivity contribution in [3.8, 4) is 23.2 Å². The number of rotatable bonds is 4. The quantitative estimate of drug-likeness (QED) is 0.782. The Balaban J connectivity index is 1.46. The topological polar surface area (TPSA) is 91.3 Å². The van der Waals surface area contributed by atoms with Gasteiger partial charge in [-0.15, -0.1) is 10.2 Å². The van der Waals surface area contributed by atoms with Gasteiger partial charge in [0.1, 0.15) is 6.61 Å². The molecule has 3 heterocycles. The van der Waals surface area contributed by atoms with E-state index in [1.807, 2.05) is 18.2 Å². The Hall–Kier alpha value is -3.29. The monoisotopic (exact) mass is 326 g/mol. The summed E-state index contributed by atoms with van der Waals surface area (Å²) in [6.07, 6.45) is 0. The van der Waals surface area contributed by atoms with E-state index in [1.54, 1.807) is 19.1 Å². The number of fused-ring (bicyclic) bond motifs is 1.